The first-order valence-electron chi connectivity index (χ1n) is 8.60. The minimum Gasteiger partial charge on any atom is -0.374 e. The number of hydrogen-bond donors (Lipinski definition) is 2. The van der Waals surface area contributed by atoms with Gasteiger partial charge in [0, 0.05) is 24.8 Å². The van der Waals surface area contributed by atoms with E-state index in [1.165, 1.54) is 30.4 Å². The Morgan fingerprint density at radius 2 is 2.22 bits per heavy atom. The summed E-state index contributed by atoms with van der Waals surface area (Å²) < 4.78 is 5.72. The highest BCUT2D eigenvalue weighted by molar-refractivity contribution is 5.93. The lowest BCUT2D eigenvalue weighted by Crippen LogP contribution is -2.26. The molecule has 1 aromatic carbocycles. The second-order valence-electron chi connectivity index (χ2n) is 6.69. The minimum absolute atomic E-state index is 0.121. The van der Waals surface area contributed by atoms with Crippen LogP contribution in [-0.2, 0) is 17.6 Å². The average molecular weight is 313 g/mol. The molecule has 1 saturated heterocycles. The van der Waals surface area contributed by atoms with Crippen molar-refractivity contribution in [2.45, 2.75) is 45.1 Å². The smallest absolute Gasteiger partial charge is 0.193 e. The standard InChI is InChI=1S/C19H27N3O/c1-13(2)18-15(10-11-23-18)12-21-19(20)22-17-9-5-7-14-6-3-4-8-16(14)17/h5,7,9,15,18H,1,3-4,6,8,10-12H2,2H3,(H3,20,21,22). The molecule has 1 aliphatic heterocycles. The molecule has 4 nitrogen and oxygen atoms in total. The number of guanidine groups is 1. The topological polar surface area (TPSA) is 59.6 Å². The van der Waals surface area contributed by atoms with Crippen molar-refractivity contribution < 1.29 is 4.74 Å². The van der Waals surface area contributed by atoms with Crippen LogP contribution in [0.4, 0.5) is 5.69 Å². The number of nitrogens with two attached hydrogens (primary N) is 1. The maximum absolute atomic E-state index is 6.11. The second-order valence-corrected chi connectivity index (χ2v) is 6.69. The molecule has 1 aliphatic carbocycles. The van der Waals surface area contributed by atoms with E-state index in [2.05, 4.69) is 35.1 Å². The van der Waals surface area contributed by atoms with E-state index in [1.807, 2.05) is 6.92 Å². The van der Waals surface area contributed by atoms with Crippen LogP contribution < -0.4 is 11.1 Å². The molecule has 1 aromatic rings. The van der Waals surface area contributed by atoms with Gasteiger partial charge >= 0.3 is 0 Å². The van der Waals surface area contributed by atoms with Crippen LogP contribution in [0.25, 0.3) is 0 Å². The molecule has 0 bridgehead atoms. The lowest BCUT2D eigenvalue weighted by Gasteiger charge is -2.20. The summed E-state index contributed by atoms with van der Waals surface area (Å²) in [6, 6.07) is 6.42. The Balaban J connectivity index is 1.65. The fourth-order valence-electron chi connectivity index (χ4n) is 3.66. The van der Waals surface area contributed by atoms with E-state index < -0.39 is 0 Å². The van der Waals surface area contributed by atoms with Crippen molar-refractivity contribution >= 4 is 11.6 Å². The molecule has 0 radical (unpaired) electrons. The molecule has 2 aliphatic rings. The molecule has 1 fully saturated rings. The van der Waals surface area contributed by atoms with E-state index in [4.69, 9.17) is 10.5 Å². The molecule has 0 saturated carbocycles. The highest BCUT2D eigenvalue weighted by atomic mass is 16.5. The summed E-state index contributed by atoms with van der Waals surface area (Å²) in [5, 5.41) is 3.30. The average Bonchev–Trinajstić information content (AvgIpc) is 3.02. The second kappa shape index (κ2) is 7.18. The first kappa shape index (κ1) is 16.1. The number of ether oxygens (including phenoxy) is 1. The SMILES string of the molecule is C=C(C)C1OCCC1CN=C(N)Nc1cccc2c1CCCC2. The maximum Gasteiger partial charge on any atom is 0.193 e. The van der Waals surface area contributed by atoms with E-state index in [1.54, 1.807) is 0 Å². The van der Waals surface area contributed by atoms with Crippen LogP contribution in [0.1, 0.15) is 37.3 Å². The molecular formula is C19H27N3O. The number of benzene rings is 1. The zero-order valence-electron chi connectivity index (χ0n) is 14.0. The van der Waals surface area contributed by atoms with E-state index in [0.29, 0.717) is 18.4 Å². The van der Waals surface area contributed by atoms with Crippen LogP contribution in [0.3, 0.4) is 0 Å². The van der Waals surface area contributed by atoms with Crippen LogP contribution in [0.15, 0.2) is 35.3 Å². The highest BCUT2D eigenvalue weighted by Crippen LogP contribution is 2.28. The summed E-state index contributed by atoms with van der Waals surface area (Å²) in [5.41, 5.74) is 11.2. The minimum atomic E-state index is 0.121. The van der Waals surface area contributed by atoms with E-state index >= 15 is 0 Å². The Morgan fingerprint density at radius 1 is 1.39 bits per heavy atom. The van der Waals surface area contributed by atoms with Gasteiger partial charge in [-0.3, -0.25) is 4.99 Å². The van der Waals surface area contributed by atoms with Gasteiger partial charge in [0.05, 0.1) is 6.10 Å². The van der Waals surface area contributed by atoms with Crippen molar-refractivity contribution in [3.8, 4) is 0 Å². The lowest BCUT2D eigenvalue weighted by atomic mass is 9.90. The van der Waals surface area contributed by atoms with Crippen LogP contribution in [0, 0.1) is 5.92 Å². The Labute approximate surface area is 138 Å². The summed E-state index contributed by atoms with van der Waals surface area (Å²) in [7, 11) is 0. The van der Waals surface area contributed by atoms with Gasteiger partial charge < -0.3 is 15.8 Å². The maximum atomic E-state index is 6.11. The van der Waals surface area contributed by atoms with Gasteiger partial charge in [0.25, 0.3) is 0 Å². The van der Waals surface area contributed by atoms with Gasteiger partial charge in [0.2, 0.25) is 0 Å². The largest absolute Gasteiger partial charge is 0.374 e. The number of hydrogen-bond acceptors (Lipinski definition) is 2. The highest BCUT2D eigenvalue weighted by Gasteiger charge is 2.28. The quantitative estimate of drug-likeness (QED) is 0.509. The monoisotopic (exact) mass is 313 g/mol. The van der Waals surface area contributed by atoms with Crippen molar-refractivity contribution in [3.05, 3.63) is 41.5 Å². The molecule has 0 aromatic heterocycles. The van der Waals surface area contributed by atoms with E-state index in [0.717, 1.165) is 30.7 Å². The van der Waals surface area contributed by atoms with Gasteiger partial charge in [-0.15, -0.1) is 0 Å². The van der Waals surface area contributed by atoms with Crippen LogP contribution in [-0.4, -0.2) is 25.2 Å². The number of anilines is 1. The van der Waals surface area contributed by atoms with Gasteiger partial charge in [0.1, 0.15) is 0 Å². The van der Waals surface area contributed by atoms with Crippen LogP contribution >= 0.6 is 0 Å². The Morgan fingerprint density at radius 3 is 3.04 bits per heavy atom. The molecule has 1 heterocycles. The predicted octanol–water partition coefficient (Wildman–Crippen LogP) is 3.27. The van der Waals surface area contributed by atoms with Crippen LogP contribution in [0.2, 0.25) is 0 Å². The number of aliphatic imine (C=N–C) groups is 1. The summed E-state index contributed by atoms with van der Waals surface area (Å²) in [5.74, 6) is 0.883. The molecule has 23 heavy (non-hydrogen) atoms. The number of nitrogens with zero attached hydrogens (tertiary/aromatic N) is 1. The van der Waals surface area contributed by atoms with Gasteiger partial charge in [-0.25, -0.2) is 0 Å². The van der Waals surface area contributed by atoms with Crippen molar-refractivity contribution in [2.75, 3.05) is 18.5 Å². The summed E-state index contributed by atoms with van der Waals surface area (Å²) in [4.78, 5) is 4.55. The first-order chi connectivity index (χ1) is 11.1. The summed E-state index contributed by atoms with van der Waals surface area (Å²) in [6.07, 6.45) is 5.97. The fourth-order valence-corrected chi connectivity index (χ4v) is 3.66. The van der Waals surface area contributed by atoms with E-state index in [-0.39, 0.29) is 6.10 Å². The van der Waals surface area contributed by atoms with E-state index in [9.17, 15) is 0 Å². The predicted molar refractivity (Wildman–Crippen MR) is 95.9 cm³/mol. The molecule has 0 amide bonds. The third-order valence-electron chi connectivity index (χ3n) is 4.85. The Kier molecular flexibility index (Phi) is 5.01. The van der Waals surface area contributed by atoms with Gasteiger partial charge in [0.15, 0.2) is 5.96 Å². The van der Waals surface area contributed by atoms with Gasteiger partial charge in [-0.2, -0.15) is 0 Å². The zero-order chi connectivity index (χ0) is 16.2. The zero-order valence-corrected chi connectivity index (χ0v) is 14.0. The van der Waals surface area contributed by atoms with Gasteiger partial charge in [-0.05, 0) is 56.2 Å². The molecule has 2 unspecified atom stereocenters. The molecule has 4 heteroatoms. The molecule has 3 rings (SSSR count). The number of aryl methyl sites for hydroxylation is 1. The molecular weight excluding hydrogens is 286 g/mol. The lowest BCUT2D eigenvalue weighted by molar-refractivity contribution is 0.120. The Bertz CT molecular complexity index is 609. The van der Waals surface area contributed by atoms with Crippen molar-refractivity contribution in [2.24, 2.45) is 16.6 Å². The number of nitrogens with one attached hydrogen (secondary N) is 1. The Hall–Kier alpha value is -1.81. The van der Waals surface area contributed by atoms with Crippen LogP contribution in [0.5, 0.6) is 0 Å². The normalized spacial score (nSPS) is 24.3. The van der Waals surface area contributed by atoms with Crippen molar-refractivity contribution in [1.82, 2.24) is 0 Å². The number of rotatable bonds is 4. The third kappa shape index (κ3) is 3.75. The van der Waals surface area contributed by atoms with Crippen molar-refractivity contribution in [3.63, 3.8) is 0 Å². The van der Waals surface area contributed by atoms with Crippen molar-refractivity contribution in [1.29, 1.82) is 0 Å². The first-order valence-corrected chi connectivity index (χ1v) is 8.60. The third-order valence-corrected chi connectivity index (χ3v) is 4.85. The molecule has 3 N–H and O–H groups in total. The number of fused-ring (bicyclic) bond motifs is 1. The fraction of sp³-hybridized carbons (Fsp3) is 0.526. The summed E-state index contributed by atoms with van der Waals surface area (Å²) in [6.45, 7) is 7.50. The molecule has 124 valence electrons. The summed E-state index contributed by atoms with van der Waals surface area (Å²) >= 11 is 0. The molecule has 2 atom stereocenters. The van der Waals surface area contributed by atoms with Gasteiger partial charge in [-0.1, -0.05) is 24.3 Å². The molecule has 0 spiro atoms.